The van der Waals surface area contributed by atoms with Crippen LogP contribution < -0.4 is 10.5 Å². The molecule has 1 unspecified atom stereocenters. The van der Waals surface area contributed by atoms with E-state index in [9.17, 15) is 18.5 Å². The summed E-state index contributed by atoms with van der Waals surface area (Å²) in [6, 6.07) is 1.67. The van der Waals surface area contributed by atoms with E-state index in [0.717, 1.165) is 6.07 Å². The van der Waals surface area contributed by atoms with E-state index >= 15 is 0 Å². The molecule has 106 valence electrons. The van der Waals surface area contributed by atoms with Crippen molar-refractivity contribution in [1.29, 1.82) is 0 Å². The Morgan fingerprint density at radius 2 is 2.11 bits per heavy atom. The molecule has 0 amide bonds. The van der Waals surface area contributed by atoms with Gasteiger partial charge in [0.15, 0.2) is 0 Å². The number of nitrogens with two attached hydrogens (primary N) is 1. The number of hydrogen-bond acceptors (Lipinski definition) is 5. The van der Waals surface area contributed by atoms with Gasteiger partial charge in [-0.25, -0.2) is 13.1 Å². The van der Waals surface area contributed by atoms with Crippen LogP contribution in [0.15, 0.2) is 17.0 Å². The van der Waals surface area contributed by atoms with E-state index in [0.29, 0.717) is 0 Å². The minimum absolute atomic E-state index is 0.0231. The summed E-state index contributed by atoms with van der Waals surface area (Å²) in [5.74, 6) is 0. The predicted octanol–water partition coefficient (Wildman–Crippen LogP) is 1.18. The van der Waals surface area contributed by atoms with Crippen LogP contribution in [0, 0.1) is 17.0 Å². The summed E-state index contributed by atoms with van der Waals surface area (Å²) >= 11 is 5.82. The summed E-state index contributed by atoms with van der Waals surface area (Å²) < 4.78 is 26.3. The third-order valence-electron chi connectivity index (χ3n) is 2.51. The van der Waals surface area contributed by atoms with Crippen LogP contribution in [0.25, 0.3) is 0 Å². The van der Waals surface area contributed by atoms with Gasteiger partial charge in [0.25, 0.3) is 5.69 Å². The number of nitrogens with zero attached hydrogens (tertiary/aromatic N) is 1. The van der Waals surface area contributed by atoms with Crippen LogP contribution in [0.5, 0.6) is 0 Å². The molecule has 0 aliphatic rings. The monoisotopic (exact) mass is 307 g/mol. The predicted molar refractivity (Wildman–Crippen MR) is 71.7 cm³/mol. The van der Waals surface area contributed by atoms with Gasteiger partial charge in [0.2, 0.25) is 10.0 Å². The summed E-state index contributed by atoms with van der Waals surface area (Å²) in [6.45, 7) is 3.15. The number of nitro benzene ring substituents is 1. The highest BCUT2D eigenvalue weighted by Crippen LogP contribution is 2.29. The van der Waals surface area contributed by atoms with Gasteiger partial charge in [-0.05, 0) is 19.9 Å². The molecular weight excluding hydrogens is 294 g/mol. The van der Waals surface area contributed by atoms with Crippen molar-refractivity contribution in [3.63, 3.8) is 0 Å². The topological polar surface area (TPSA) is 115 Å². The quantitative estimate of drug-likeness (QED) is 0.626. The lowest BCUT2D eigenvalue weighted by Gasteiger charge is -2.12. The van der Waals surface area contributed by atoms with Gasteiger partial charge in [-0.1, -0.05) is 11.6 Å². The number of rotatable bonds is 5. The van der Waals surface area contributed by atoms with E-state index in [1.54, 1.807) is 6.92 Å². The molecule has 0 aliphatic carbocycles. The Bertz CT molecular complexity index is 603. The normalized spacial score (nSPS) is 13.3. The molecule has 0 heterocycles. The fourth-order valence-corrected chi connectivity index (χ4v) is 2.95. The van der Waals surface area contributed by atoms with Gasteiger partial charge in [0, 0.05) is 24.2 Å². The molecule has 1 rings (SSSR count). The zero-order chi connectivity index (χ0) is 14.8. The second kappa shape index (κ2) is 5.83. The Balaban J connectivity index is 3.32. The number of nitrogens with one attached hydrogen (secondary N) is 1. The van der Waals surface area contributed by atoms with Crippen molar-refractivity contribution >= 4 is 27.3 Å². The van der Waals surface area contributed by atoms with Gasteiger partial charge in [-0.3, -0.25) is 10.1 Å². The van der Waals surface area contributed by atoms with Gasteiger partial charge in [0.05, 0.1) is 14.8 Å². The molecule has 0 fully saturated rings. The zero-order valence-electron chi connectivity index (χ0n) is 10.4. The summed E-state index contributed by atoms with van der Waals surface area (Å²) in [6.07, 6.45) is 0. The average molecular weight is 308 g/mol. The number of hydrogen-bond donors (Lipinski definition) is 2. The first-order chi connectivity index (χ1) is 8.69. The molecule has 19 heavy (non-hydrogen) atoms. The maximum absolute atomic E-state index is 12.0. The minimum atomic E-state index is -3.89. The Morgan fingerprint density at radius 1 is 1.53 bits per heavy atom. The molecule has 0 radical (unpaired) electrons. The average Bonchev–Trinajstić information content (AvgIpc) is 2.31. The number of sulfonamides is 1. The fraction of sp³-hybridized carbons (Fsp3) is 0.400. The highest BCUT2D eigenvalue weighted by atomic mass is 35.5. The van der Waals surface area contributed by atoms with E-state index in [4.69, 9.17) is 17.3 Å². The van der Waals surface area contributed by atoms with Crippen LogP contribution in [0.3, 0.4) is 0 Å². The summed E-state index contributed by atoms with van der Waals surface area (Å²) in [5, 5.41) is 10.9. The zero-order valence-corrected chi connectivity index (χ0v) is 12.0. The molecule has 1 aromatic rings. The van der Waals surface area contributed by atoms with Gasteiger partial charge in [-0.2, -0.15) is 0 Å². The summed E-state index contributed by atoms with van der Waals surface area (Å²) in [7, 11) is -3.89. The van der Waals surface area contributed by atoms with Crippen molar-refractivity contribution in [2.75, 3.05) is 6.54 Å². The molecule has 0 saturated carbocycles. The molecule has 1 aromatic carbocycles. The number of nitro groups is 1. The first-order valence-corrected chi connectivity index (χ1v) is 7.22. The Kier molecular flexibility index (Phi) is 4.86. The lowest BCUT2D eigenvalue weighted by Crippen LogP contribution is -2.37. The van der Waals surface area contributed by atoms with E-state index in [1.807, 2.05) is 0 Å². The van der Waals surface area contributed by atoms with Gasteiger partial charge >= 0.3 is 0 Å². The summed E-state index contributed by atoms with van der Waals surface area (Å²) in [5.41, 5.74) is 5.21. The third-order valence-corrected chi connectivity index (χ3v) is 4.47. The Labute approximate surface area is 115 Å². The SMILES string of the molecule is Cc1c(Cl)cc(S(=O)(=O)NC(C)CN)cc1[N+](=O)[O-]. The fourth-order valence-electron chi connectivity index (χ4n) is 1.37. The molecule has 0 spiro atoms. The van der Waals surface area contributed by atoms with Crippen LogP contribution in [0.2, 0.25) is 5.02 Å². The molecular formula is C10H14ClN3O4S. The van der Waals surface area contributed by atoms with E-state index in [-0.39, 0.29) is 27.7 Å². The summed E-state index contributed by atoms with van der Waals surface area (Å²) in [4.78, 5) is 9.91. The van der Waals surface area contributed by atoms with Crippen LogP contribution in [-0.2, 0) is 10.0 Å². The van der Waals surface area contributed by atoms with Crippen LogP contribution >= 0.6 is 11.6 Å². The molecule has 3 N–H and O–H groups in total. The van der Waals surface area contributed by atoms with Crippen molar-refractivity contribution in [3.8, 4) is 0 Å². The number of benzene rings is 1. The third kappa shape index (κ3) is 3.63. The lowest BCUT2D eigenvalue weighted by molar-refractivity contribution is -0.385. The lowest BCUT2D eigenvalue weighted by atomic mass is 10.2. The molecule has 1 atom stereocenters. The molecule has 7 nitrogen and oxygen atoms in total. The van der Waals surface area contributed by atoms with Crippen LogP contribution in [0.4, 0.5) is 5.69 Å². The second-order valence-electron chi connectivity index (χ2n) is 4.06. The van der Waals surface area contributed by atoms with Crippen molar-refractivity contribution in [1.82, 2.24) is 4.72 Å². The van der Waals surface area contributed by atoms with E-state index in [1.165, 1.54) is 13.0 Å². The maximum Gasteiger partial charge on any atom is 0.275 e. The van der Waals surface area contributed by atoms with Crippen molar-refractivity contribution < 1.29 is 13.3 Å². The van der Waals surface area contributed by atoms with Crippen LogP contribution in [-0.4, -0.2) is 25.9 Å². The molecule has 0 saturated heterocycles. The molecule has 0 aromatic heterocycles. The van der Waals surface area contributed by atoms with E-state index in [2.05, 4.69) is 4.72 Å². The van der Waals surface area contributed by atoms with Gasteiger partial charge < -0.3 is 5.73 Å². The smallest absolute Gasteiger partial charge is 0.275 e. The minimum Gasteiger partial charge on any atom is -0.329 e. The van der Waals surface area contributed by atoms with Gasteiger partial charge in [0.1, 0.15) is 0 Å². The molecule has 9 heteroatoms. The largest absolute Gasteiger partial charge is 0.329 e. The van der Waals surface area contributed by atoms with E-state index < -0.39 is 21.0 Å². The van der Waals surface area contributed by atoms with Crippen molar-refractivity contribution in [2.24, 2.45) is 5.73 Å². The molecule has 0 bridgehead atoms. The highest BCUT2D eigenvalue weighted by Gasteiger charge is 2.23. The van der Waals surface area contributed by atoms with Crippen LogP contribution in [0.1, 0.15) is 12.5 Å². The van der Waals surface area contributed by atoms with Crippen molar-refractivity contribution in [2.45, 2.75) is 24.8 Å². The molecule has 0 aliphatic heterocycles. The van der Waals surface area contributed by atoms with Gasteiger partial charge in [-0.15, -0.1) is 0 Å². The van der Waals surface area contributed by atoms with Crippen molar-refractivity contribution in [3.05, 3.63) is 32.8 Å². The first kappa shape index (κ1) is 15.8. The highest BCUT2D eigenvalue weighted by molar-refractivity contribution is 7.89. The standard InChI is InChI=1S/C10H14ClN3O4S/c1-6(5-12)13-19(17,18)8-3-9(11)7(2)10(4-8)14(15)16/h3-4,6,13H,5,12H2,1-2H3. The Hall–Kier alpha value is -1.22. The Morgan fingerprint density at radius 3 is 2.58 bits per heavy atom. The maximum atomic E-state index is 12.0. The second-order valence-corrected chi connectivity index (χ2v) is 6.19. The number of halogens is 1. The first-order valence-electron chi connectivity index (χ1n) is 5.36.